The van der Waals surface area contributed by atoms with Crippen molar-refractivity contribution in [3.63, 3.8) is 0 Å². The van der Waals surface area contributed by atoms with E-state index in [4.69, 9.17) is 4.74 Å². The first-order valence-corrected chi connectivity index (χ1v) is 8.22. The molecule has 0 saturated carbocycles. The van der Waals surface area contributed by atoms with Gasteiger partial charge in [-0.15, -0.1) is 0 Å². The van der Waals surface area contributed by atoms with E-state index >= 15 is 0 Å². The molecule has 3 heterocycles. The summed E-state index contributed by atoms with van der Waals surface area (Å²) in [6, 6.07) is 7.57. The molecule has 0 bridgehead atoms. The van der Waals surface area contributed by atoms with Crippen LogP contribution in [-0.4, -0.2) is 46.6 Å². The number of hydrogen-bond acceptors (Lipinski definition) is 5. The smallest absolute Gasteiger partial charge is 0.238 e. The Kier molecular flexibility index (Phi) is 5.87. The third kappa shape index (κ3) is 5.11. The van der Waals surface area contributed by atoms with E-state index in [1.807, 2.05) is 24.4 Å². The predicted molar refractivity (Wildman–Crippen MR) is 91.4 cm³/mol. The molecule has 24 heavy (non-hydrogen) atoms. The summed E-state index contributed by atoms with van der Waals surface area (Å²) in [7, 11) is 0. The highest BCUT2D eigenvalue weighted by atomic mass is 16.5. The summed E-state index contributed by atoms with van der Waals surface area (Å²) in [5.74, 6) is -0.0510. The van der Waals surface area contributed by atoms with Crippen LogP contribution >= 0.6 is 0 Å². The van der Waals surface area contributed by atoms with Gasteiger partial charge in [0.2, 0.25) is 5.91 Å². The molecule has 6 nitrogen and oxygen atoms in total. The minimum atomic E-state index is -0.0510. The molecule has 1 aliphatic heterocycles. The lowest BCUT2D eigenvalue weighted by Crippen LogP contribution is -2.38. The summed E-state index contributed by atoms with van der Waals surface area (Å²) in [6.45, 7) is 2.54. The summed E-state index contributed by atoms with van der Waals surface area (Å²) in [6.07, 6.45) is 9.25. The zero-order chi connectivity index (χ0) is 16.6. The number of carbonyl (C=O) groups is 1. The molecule has 2 aromatic rings. The normalized spacial score (nSPS) is 17.1. The number of ether oxygens (including phenoxy) is 1. The van der Waals surface area contributed by atoms with Gasteiger partial charge in [0.1, 0.15) is 0 Å². The van der Waals surface area contributed by atoms with Crippen LogP contribution in [-0.2, 0) is 16.1 Å². The van der Waals surface area contributed by atoms with Crippen LogP contribution in [0.2, 0.25) is 0 Å². The van der Waals surface area contributed by atoms with Crippen LogP contribution in [0.5, 0.6) is 0 Å². The third-order valence-corrected chi connectivity index (χ3v) is 3.93. The van der Waals surface area contributed by atoms with Crippen molar-refractivity contribution in [2.45, 2.75) is 25.5 Å². The van der Waals surface area contributed by atoms with Gasteiger partial charge < -0.3 is 10.1 Å². The molecule has 1 amide bonds. The molecule has 1 fully saturated rings. The Morgan fingerprint density at radius 1 is 1.25 bits per heavy atom. The van der Waals surface area contributed by atoms with Crippen LogP contribution < -0.4 is 5.32 Å². The number of pyridine rings is 2. The average Bonchev–Trinajstić information content (AvgIpc) is 3.09. The number of aromatic nitrogens is 2. The summed E-state index contributed by atoms with van der Waals surface area (Å²) >= 11 is 0. The molecule has 0 aromatic carbocycles. The second kappa shape index (κ2) is 8.52. The highest BCUT2D eigenvalue weighted by molar-refractivity contribution is 5.92. The molecule has 0 radical (unpaired) electrons. The SMILES string of the molecule is O=C(CN(Cc1cccnc1)CC1CCCO1)Nc1cccnc1. The molecule has 3 rings (SSSR count). The fourth-order valence-electron chi connectivity index (χ4n) is 2.85. The molecule has 1 unspecified atom stereocenters. The Bertz CT molecular complexity index is 630. The lowest BCUT2D eigenvalue weighted by molar-refractivity contribution is -0.117. The number of amides is 1. The van der Waals surface area contributed by atoms with Crippen LogP contribution in [0, 0.1) is 0 Å². The number of nitrogens with one attached hydrogen (secondary N) is 1. The standard InChI is InChI=1S/C18H22N4O2/c23-18(21-16-5-2-8-20-11-16)14-22(13-17-6-3-9-24-17)12-15-4-1-7-19-10-15/h1-2,4-5,7-8,10-11,17H,3,6,9,12-14H2,(H,21,23). The summed E-state index contributed by atoms with van der Waals surface area (Å²) < 4.78 is 5.72. The average molecular weight is 326 g/mol. The lowest BCUT2D eigenvalue weighted by atomic mass is 10.2. The second-order valence-electron chi connectivity index (χ2n) is 5.96. The Labute approximate surface area is 141 Å². The van der Waals surface area contributed by atoms with Crippen LogP contribution in [0.1, 0.15) is 18.4 Å². The van der Waals surface area contributed by atoms with Gasteiger partial charge in [0.15, 0.2) is 0 Å². The Hall–Kier alpha value is -2.31. The van der Waals surface area contributed by atoms with Crippen LogP contribution in [0.3, 0.4) is 0 Å². The first-order valence-electron chi connectivity index (χ1n) is 8.22. The molecule has 1 aliphatic rings. The summed E-state index contributed by atoms with van der Waals surface area (Å²) in [5, 5.41) is 2.88. The van der Waals surface area contributed by atoms with E-state index in [1.54, 1.807) is 24.7 Å². The number of carbonyl (C=O) groups excluding carboxylic acids is 1. The topological polar surface area (TPSA) is 67.4 Å². The van der Waals surface area contributed by atoms with Crippen molar-refractivity contribution in [3.05, 3.63) is 54.6 Å². The van der Waals surface area contributed by atoms with E-state index in [0.717, 1.165) is 31.6 Å². The van der Waals surface area contributed by atoms with Crippen molar-refractivity contribution >= 4 is 11.6 Å². The van der Waals surface area contributed by atoms with E-state index in [2.05, 4.69) is 20.2 Å². The Morgan fingerprint density at radius 2 is 2.08 bits per heavy atom. The number of rotatable bonds is 7. The first kappa shape index (κ1) is 16.5. The lowest BCUT2D eigenvalue weighted by Gasteiger charge is -2.24. The maximum absolute atomic E-state index is 12.3. The van der Waals surface area contributed by atoms with Gasteiger partial charge in [-0.3, -0.25) is 19.7 Å². The van der Waals surface area contributed by atoms with E-state index < -0.39 is 0 Å². The monoisotopic (exact) mass is 326 g/mol. The third-order valence-electron chi connectivity index (χ3n) is 3.93. The van der Waals surface area contributed by atoms with E-state index in [1.165, 1.54) is 0 Å². The highest BCUT2D eigenvalue weighted by Gasteiger charge is 2.21. The Morgan fingerprint density at radius 3 is 2.75 bits per heavy atom. The number of nitrogens with zero attached hydrogens (tertiary/aromatic N) is 3. The van der Waals surface area contributed by atoms with Crippen LogP contribution in [0.4, 0.5) is 5.69 Å². The van der Waals surface area contributed by atoms with Crippen molar-refractivity contribution in [1.82, 2.24) is 14.9 Å². The zero-order valence-electron chi connectivity index (χ0n) is 13.6. The van der Waals surface area contributed by atoms with Gasteiger partial charge in [-0.1, -0.05) is 6.07 Å². The van der Waals surface area contributed by atoms with Gasteiger partial charge in [-0.05, 0) is 36.6 Å². The molecular weight excluding hydrogens is 304 g/mol. The number of anilines is 1. The van der Waals surface area contributed by atoms with E-state index in [0.29, 0.717) is 18.8 Å². The van der Waals surface area contributed by atoms with Crippen molar-refractivity contribution in [3.8, 4) is 0 Å². The van der Waals surface area contributed by atoms with Gasteiger partial charge in [0.25, 0.3) is 0 Å². The maximum Gasteiger partial charge on any atom is 0.238 e. The van der Waals surface area contributed by atoms with Crippen molar-refractivity contribution in [2.75, 3.05) is 25.0 Å². The molecule has 126 valence electrons. The molecular formula is C18H22N4O2. The van der Waals surface area contributed by atoms with Crippen molar-refractivity contribution in [2.24, 2.45) is 0 Å². The molecule has 0 aliphatic carbocycles. The van der Waals surface area contributed by atoms with Gasteiger partial charge in [0.05, 0.1) is 24.5 Å². The largest absolute Gasteiger partial charge is 0.377 e. The van der Waals surface area contributed by atoms with Gasteiger partial charge in [0, 0.05) is 38.3 Å². The van der Waals surface area contributed by atoms with Gasteiger partial charge >= 0.3 is 0 Å². The van der Waals surface area contributed by atoms with Gasteiger partial charge in [-0.2, -0.15) is 0 Å². The molecule has 2 aromatic heterocycles. The molecule has 1 saturated heterocycles. The fourth-order valence-corrected chi connectivity index (χ4v) is 2.85. The zero-order valence-corrected chi connectivity index (χ0v) is 13.6. The molecule has 1 N–H and O–H groups in total. The Balaban J connectivity index is 1.61. The number of hydrogen-bond donors (Lipinski definition) is 1. The summed E-state index contributed by atoms with van der Waals surface area (Å²) in [5.41, 5.74) is 1.80. The molecule has 6 heteroatoms. The van der Waals surface area contributed by atoms with Crippen LogP contribution in [0.25, 0.3) is 0 Å². The quantitative estimate of drug-likeness (QED) is 0.844. The minimum Gasteiger partial charge on any atom is -0.377 e. The summed E-state index contributed by atoms with van der Waals surface area (Å²) in [4.78, 5) is 22.6. The maximum atomic E-state index is 12.3. The first-order chi connectivity index (χ1) is 11.8. The van der Waals surface area contributed by atoms with E-state index in [9.17, 15) is 4.79 Å². The van der Waals surface area contributed by atoms with Crippen molar-refractivity contribution < 1.29 is 9.53 Å². The predicted octanol–water partition coefficient (Wildman–Crippen LogP) is 2.10. The second-order valence-corrected chi connectivity index (χ2v) is 5.96. The van der Waals surface area contributed by atoms with Crippen LogP contribution in [0.15, 0.2) is 49.1 Å². The molecule has 1 atom stereocenters. The minimum absolute atomic E-state index is 0.0510. The van der Waals surface area contributed by atoms with E-state index in [-0.39, 0.29) is 12.0 Å². The molecule has 0 spiro atoms. The highest BCUT2D eigenvalue weighted by Crippen LogP contribution is 2.15. The fraction of sp³-hybridized carbons (Fsp3) is 0.389. The van der Waals surface area contributed by atoms with Gasteiger partial charge in [-0.25, -0.2) is 0 Å². The van der Waals surface area contributed by atoms with Crippen molar-refractivity contribution in [1.29, 1.82) is 0 Å².